The van der Waals surface area contributed by atoms with Gasteiger partial charge in [-0.05, 0) is 36.6 Å². The second-order valence-electron chi connectivity index (χ2n) is 5.78. The molecular formula is C16H14F3N3O3S. The number of nitriles is 1. The number of hydrogen-bond donors (Lipinski definition) is 2. The monoisotopic (exact) mass is 385 g/mol. The molecule has 1 heterocycles. The smallest absolute Gasteiger partial charge is 0.345 e. The number of nitrogens with one attached hydrogen (secondary N) is 2. The Kier molecular flexibility index (Phi) is 4.93. The lowest BCUT2D eigenvalue weighted by atomic mass is 9.95. The van der Waals surface area contributed by atoms with Crippen LogP contribution in [0.4, 0.5) is 18.9 Å². The molecule has 1 unspecified atom stereocenters. The standard InChI is InChI=1S/C16H14F3N3O3S/c17-12-5-9(7-20)1-4-13(12)22-26(23,24)15-8-21-14-6-10(25-16(18)19)2-3-11(14)15/h1,4-5,8,10,16,21-22H,2-3,6H2. The largest absolute Gasteiger partial charge is 0.363 e. The molecule has 3 rings (SSSR count). The summed E-state index contributed by atoms with van der Waals surface area (Å²) < 4.78 is 70.4. The predicted molar refractivity (Wildman–Crippen MR) is 85.6 cm³/mol. The number of rotatable bonds is 5. The summed E-state index contributed by atoms with van der Waals surface area (Å²) in [5.41, 5.74) is 0.756. The summed E-state index contributed by atoms with van der Waals surface area (Å²) in [6.07, 6.45) is 1.19. The Balaban J connectivity index is 1.84. The molecule has 138 valence electrons. The molecule has 1 aliphatic carbocycles. The Bertz CT molecular complexity index is 967. The van der Waals surface area contributed by atoms with Crippen LogP contribution >= 0.6 is 0 Å². The summed E-state index contributed by atoms with van der Waals surface area (Å²) in [6.45, 7) is -2.89. The van der Waals surface area contributed by atoms with Gasteiger partial charge in [-0.3, -0.25) is 4.72 Å². The van der Waals surface area contributed by atoms with Gasteiger partial charge in [0.1, 0.15) is 10.7 Å². The molecule has 0 amide bonds. The Morgan fingerprint density at radius 2 is 2.15 bits per heavy atom. The van der Waals surface area contributed by atoms with E-state index in [0.717, 1.165) is 12.1 Å². The van der Waals surface area contributed by atoms with Crippen LogP contribution in [0.1, 0.15) is 23.2 Å². The number of benzene rings is 1. The summed E-state index contributed by atoms with van der Waals surface area (Å²) in [4.78, 5) is 2.71. The second kappa shape index (κ2) is 7.01. The number of fused-ring (bicyclic) bond motifs is 1. The minimum atomic E-state index is -4.09. The van der Waals surface area contributed by atoms with Crippen molar-refractivity contribution >= 4 is 15.7 Å². The third-order valence-electron chi connectivity index (χ3n) is 4.11. The number of anilines is 1. The Morgan fingerprint density at radius 1 is 1.38 bits per heavy atom. The summed E-state index contributed by atoms with van der Waals surface area (Å²) in [7, 11) is -4.09. The maximum absolute atomic E-state index is 13.9. The lowest BCUT2D eigenvalue weighted by Crippen LogP contribution is -2.25. The molecule has 10 heteroatoms. The van der Waals surface area contributed by atoms with Crippen molar-refractivity contribution in [2.24, 2.45) is 0 Å². The minimum absolute atomic E-state index is 0.0632. The summed E-state index contributed by atoms with van der Waals surface area (Å²) in [5, 5.41) is 8.73. The van der Waals surface area contributed by atoms with Gasteiger partial charge < -0.3 is 9.72 Å². The Morgan fingerprint density at radius 3 is 2.81 bits per heavy atom. The van der Waals surface area contributed by atoms with E-state index in [2.05, 4.69) is 14.4 Å². The Hall–Kier alpha value is -2.51. The molecule has 1 aliphatic rings. The van der Waals surface area contributed by atoms with E-state index in [4.69, 9.17) is 5.26 Å². The molecule has 0 spiro atoms. The second-order valence-corrected chi connectivity index (χ2v) is 7.43. The number of H-pyrrole nitrogens is 1. The van der Waals surface area contributed by atoms with Crippen molar-refractivity contribution < 1.29 is 26.3 Å². The van der Waals surface area contributed by atoms with Crippen molar-refractivity contribution in [2.75, 3.05) is 4.72 Å². The van der Waals surface area contributed by atoms with Crippen molar-refractivity contribution in [1.82, 2.24) is 4.98 Å². The van der Waals surface area contributed by atoms with E-state index < -0.39 is 28.6 Å². The average molecular weight is 385 g/mol. The van der Waals surface area contributed by atoms with Crippen LogP contribution in [0, 0.1) is 17.1 Å². The van der Waals surface area contributed by atoms with Gasteiger partial charge in [0.15, 0.2) is 0 Å². The normalized spacial score (nSPS) is 17.0. The van der Waals surface area contributed by atoms with Crippen molar-refractivity contribution in [3.63, 3.8) is 0 Å². The fraction of sp³-hybridized carbons (Fsp3) is 0.312. The van der Waals surface area contributed by atoms with E-state index in [1.165, 1.54) is 12.3 Å². The molecule has 0 saturated carbocycles. The molecule has 0 aliphatic heterocycles. The zero-order valence-corrected chi connectivity index (χ0v) is 14.1. The highest BCUT2D eigenvalue weighted by Crippen LogP contribution is 2.30. The number of nitrogens with zero attached hydrogens (tertiary/aromatic N) is 1. The minimum Gasteiger partial charge on any atom is -0.363 e. The molecular weight excluding hydrogens is 371 g/mol. The van der Waals surface area contributed by atoms with Gasteiger partial charge in [-0.25, -0.2) is 12.8 Å². The topological polar surface area (TPSA) is 95.0 Å². The number of ether oxygens (including phenoxy) is 1. The van der Waals surface area contributed by atoms with Crippen LogP contribution < -0.4 is 4.72 Å². The van der Waals surface area contributed by atoms with Crippen LogP contribution in [-0.4, -0.2) is 26.1 Å². The van der Waals surface area contributed by atoms with Crippen LogP contribution in [0.5, 0.6) is 0 Å². The van der Waals surface area contributed by atoms with Gasteiger partial charge in [-0.1, -0.05) is 0 Å². The molecule has 6 nitrogen and oxygen atoms in total. The maximum Gasteiger partial charge on any atom is 0.345 e. The first-order valence-electron chi connectivity index (χ1n) is 7.65. The van der Waals surface area contributed by atoms with Gasteiger partial charge in [0.25, 0.3) is 10.0 Å². The highest BCUT2D eigenvalue weighted by atomic mass is 32.2. The molecule has 0 saturated heterocycles. The van der Waals surface area contributed by atoms with Crippen LogP contribution in [0.2, 0.25) is 0 Å². The van der Waals surface area contributed by atoms with E-state index in [-0.39, 0.29) is 35.4 Å². The van der Waals surface area contributed by atoms with Crippen LogP contribution in [0.25, 0.3) is 0 Å². The average Bonchev–Trinajstić information content (AvgIpc) is 3.00. The number of halogens is 3. The van der Waals surface area contributed by atoms with E-state index >= 15 is 0 Å². The molecule has 0 fully saturated rings. The van der Waals surface area contributed by atoms with Crippen molar-refractivity contribution in [1.29, 1.82) is 5.26 Å². The molecule has 1 aromatic carbocycles. The molecule has 0 bridgehead atoms. The van der Waals surface area contributed by atoms with Gasteiger partial charge in [0.05, 0.1) is 23.4 Å². The van der Waals surface area contributed by atoms with Crippen LogP contribution in [-0.2, 0) is 27.6 Å². The fourth-order valence-electron chi connectivity index (χ4n) is 2.94. The van der Waals surface area contributed by atoms with E-state index in [0.29, 0.717) is 11.3 Å². The molecule has 2 N–H and O–H groups in total. The molecule has 26 heavy (non-hydrogen) atoms. The predicted octanol–water partition coefficient (Wildman–Crippen LogP) is 2.92. The first kappa shape index (κ1) is 18.3. The lowest BCUT2D eigenvalue weighted by Gasteiger charge is -2.22. The first-order chi connectivity index (χ1) is 12.3. The van der Waals surface area contributed by atoms with Gasteiger partial charge >= 0.3 is 6.61 Å². The number of sulfonamides is 1. The summed E-state index contributed by atoms with van der Waals surface area (Å²) in [5.74, 6) is -0.873. The van der Waals surface area contributed by atoms with Crippen molar-refractivity contribution in [3.8, 4) is 6.07 Å². The lowest BCUT2D eigenvalue weighted by molar-refractivity contribution is -0.164. The highest BCUT2D eigenvalue weighted by Gasteiger charge is 2.30. The van der Waals surface area contributed by atoms with Crippen molar-refractivity contribution in [2.45, 2.75) is 36.9 Å². The zero-order chi connectivity index (χ0) is 18.9. The molecule has 1 aromatic heterocycles. The molecule has 1 atom stereocenters. The van der Waals surface area contributed by atoms with Gasteiger partial charge in [0, 0.05) is 18.3 Å². The SMILES string of the molecule is N#Cc1ccc(NS(=O)(=O)c2c[nH]c3c2CCC(OC(F)F)C3)c(F)c1. The van der Waals surface area contributed by atoms with Crippen LogP contribution in [0.15, 0.2) is 29.3 Å². The van der Waals surface area contributed by atoms with Crippen molar-refractivity contribution in [3.05, 3.63) is 47.0 Å². The number of hydrogen-bond acceptors (Lipinski definition) is 4. The number of aromatic amines is 1. The third kappa shape index (κ3) is 3.68. The van der Waals surface area contributed by atoms with Gasteiger partial charge in [-0.15, -0.1) is 0 Å². The quantitative estimate of drug-likeness (QED) is 0.827. The number of alkyl halides is 2. The first-order valence-corrected chi connectivity index (χ1v) is 9.13. The summed E-state index contributed by atoms with van der Waals surface area (Å²) >= 11 is 0. The highest BCUT2D eigenvalue weighted by molar-refractivity contribution is 7.92. The van der Waals surface area contributed by atoms with E-state index in [1.807, 2.05) is 0 Å². The third-order valence-corrected chi connectivity index (χ3v) is 5.55. The van der Waals surface area contributed by atoms with E-state index in [9.17, 15) is 21.6 Å². The van der Waals surface area contributed by atoms with Crippen LogP contribution in [0.3, 0.4) is 0 Å². The van der Waals surface area contributed by atoms with E-state index in [1.54, 1.807) is 6.07 Å². The Labute approximate surface area is 147 Å². The molecule has 2 aromatic rings. The summed E-state index contributed by atoms with van der Waals surface area (Å²) in [6, 6.07) is 5.14. The van der Waals surface area contributed by atoms with Gasteiger partial charge in [-0.2, -0.15) is 14.0 Å². The maximum atomic E-state index is 13.9. The number of aromatic nitrogens is 1. The fourth-order valence-corrected chi connectivity index (χ4v) is 4.26. The van der Waals surface area contributed by atoms with Gasteiger partial charge in [0.2, 0.25) is 0 Å². The zero-order valence-electron chi connectivity index (χ0n) is 13.3. The molecule has 0 radical (unpaired) electrons.